The van der Waals surface area contributed by atoms with Gasteiger partial charge in [0.05, 0.1) is 11.9 Å². The number of anilines is 4. The van der Waals surface area contributed by atoms with Gasteiger partial charge in [-0.15, -0.1) is 0 Å². The second-order valence-corrected chi connectivity index (χ2v) is 8.41. The zero-order valence-electron chi connectivity index (χ0n) is 29.7. The van der Waals surface area contributed by atoms with Crippen molar-refractivity contribution >= 4 is 34.7 Å². The monoisotopic (exact) mass is 731 g/mol. The topological polar surface area (TPSA) is 226 Å². The molecule has 0 aliphatic rings. The fraction of sp³-hybridized carbons (Fsp3) is 0.278. The van der Waals surface area contributed by atoms with Gasteiger partial charge in [0.25, 0.3) is 0 Å². The molecule has 275 valence electrons. The molecule has 0 atom stereocenters. The number of hydrogen-bond donors (Lipinski definition) is 8. The molecule has 4 rings (SSSR count). The summed E-state index contributed by atoms with van der Waals surface area (Å²) in [5, 5.41) is 70.3. The molecule has 4 aromatic carbocycles. The number of hydrogen-bond acceptors (Lipinski definition) is 12. The van der Waals surface area contributed by atoms with Gasteiger partial charge in [-0.05, 0) is 74.2 Å². The summed E-state index contributed by atoms with van der Waals surface area (Å²) in [5.74, 6) is -2.35. The second-order valence-electron chi connectivity index (χ2n) is 8.41. The third-order valence-electron chi connectivity index (χ3n) is 6.04. The molecule has 0 bridgehead atoms. The van der Waals surface area contributed by atoms with E-state index >= 15 is 0 Å². The van der Waals surface area contributed by atoms with Crippen molar-refractivity contribution in [3.63, 3.8) is 0 Å². The minimum absolute atomic E-state index is 0. The number of nitrogens with one attached hydrogen (secondary N) is 2. The summed E-state index contributed by atoms with van der Waals surface area (Å²) in [6.45, 7) is 8.04. The van der Waals surface area contributed by atoms with Gasteiger partial charge in [-0.25, -0.2) is 0 Å². The quantitative estimate of drug-likeness (QED) is 0.143. The third-order valence-corrected chi connectivity index (χ3v) is 6.04. The third kappa shape index (κ3) is 20.0. The van der Waals surface area contributed by atoms with Gasteiger partial charge in [0, 0.05) is 76.5 Å². The van der Waals surface area contributed by atoms with Gasteiger partial charge in [0.15, 0.2) is 0 Å². The van der Waals surface area contributed by atoms with Crippen molar-refractivity contribution in [2.45, 2.75) is 27.7 Å². The molecule has 13 heteroatoms. The molecule has 8 N–H and O–H groups in total. The standard InChI is InChI=1S/2C15H15NO2.6CH4O.Co/c2*1-10-6-5-9-13(11(10)2)16-14-8-4-3-7-12(14)15(17)18;6*1-2;/h2*3-9,16H,1-2H3,(H,17,18);6*2H,1H3;/q;;;;;;;;+2/p-2. The molecule has 0 unspecified atom stereocenters. The summed E-state index contributed by atoms with van der Waals surface area (Å²) in [6.07, 6.45) is 0. The van der Waals surface area contributed by atoms with Crippen molar-refractivity contribution in [1.82, 2.24) is 0 Å². The number of aliphatic hydroxyl groups is 6. The van der Waals surface area contributed by atoms with Gasteiger partial charge in [0.1, 0.15) is 0 Å². The summed E-state index contributed by atoms with van der Waals surface area (Å²) >= 11 is 0. The van der Waals surface area contributed by atoms with Crippen molar-refractivity contribution in [1.29, 1.82) is 0 Å². The second kappa shape index (κ2) is 35.0. The van der Waals surface area contributed by atoms with E-state index in [-0.39, 0.29) is 27.9 Å². The predicted octanol–water partition coefficient (Wildman–Crippen LogP) is 2.47. The summed E-state index contributed by atoms with van der Waals surface area (Å²) in [7, 11) is 6.00. The Labute approximate surface area is 300 Å². The molecule has 4 aromatic rings. The number of rotatable bonds is 6. The molecule has 0 saturated carbocycles. The Bertz CT molecular complexity index is 1310. The van der Waals surface area contributed by atoms with E-state index in [0.717, 1.165) is 76.3 Å². The molecule has 0 fully saturated rings. The zero-order valence-corrected chi connectivity index (χ0v) is 30.8. The molecule has 12 nitrogen and oxygen atoms in total. The van der Waals surface area contributed by atoms with Crippen LogP contribution in [0.5, 0.6) is 0 Å². The number of benzene rings is 4. The molecule has 1 radical (unpaired) electrons. The Morgan fingerprint density at radius 2 is 0.673 bits per heavy atom. The van der Waals surface area contributed by atoms with Crippen LogP contribution >= 0.6 is 0 Å². The molecule has 0 aromatic heterocycles. The van der Waals surface area contributed by atoms with Crippen molar-refractivity contribution < 1.29 is 67.2 Å². The Morgan fingerprint density at radius 1 is 0.429 bits per heavy atom. The Morgan fingerprint density at radius 3 is 0.939 bits per heavy atom. The van der Waals surface area contributed by atoms with E-state index in [1.807, 2.05) is 64.1 Å². The maximum atomic E-state index is 11.0. The predicted molar refractivity (Wildman–Crippen MR) is 189 cm³/mol. The van der Waals surface area contributed by atoms with E-state index in [1.54, 1.807) is 36.4 Å². The van der Waals surface area contributed by atoms with Gasteiger partial charge in [-0.3, -0.25) is 0 Å². The largest absolute Gasteiger partial charge is 2.00 e. The zero-order chi connectivity index (χ0) is 38.2. The first-order valence-corrected chi connectivity index (χ1v) is 14.1. The Balaban J connectivity index is -0.000000199. The summed E-state index contributed by atoms with van der Waals surface area (Å²) in [5.41, 5.74) is 7.76. The maximum Gasteiger partial charge on any atom is 2.00 e. The molecule has 49 heavy (non-hydrogen) atoms. The van der Waals surface area contributed by atoms with Gasteiger partial charge >= 0.3 is 16.8 Å². The van der Waals surface area contributed by atoms with E-state index < -0.39 is 11.9 Å². The molecule has 0 spiro atoms. The molecule has 0 aliphatic carbocycles. The van der Waals surface area contributed by atoms with Crippen LogP contribution in [-0.4, -0.2) is 85.2 Å². The van der Waals surface area contributed by atoms with Crippen LogP contribution in [0.4, 0.5) is 22.7 Å². The van der Waals surface area contributed by atoms with Crippen LogP contribution in [0, 0.1) is 27.7 Å². The fourth-order valence-electron chi connectivity index (χ4n) is 3.60. The average Bonchev–Trinajstić information content (AvgIpc) is 3.14. The van der Waals surface area contributed by atoms with E-state index in [2.05, 4.69) is 10.6 Å². The molecule has 0 amide bonds. The first kappa shape index (κ1) is 54.1. The molecule has 0 heterocycles. The average molecular weight is 732 g/mol. The number of para-hydroxylation sites is 2. The number of carbonyl (C=O) groups is 2. The van der Waals surface area contributed by atoms with E-state index in [4.69, 9.17) is 30.6 Å². The van der Waals surface area contributed by atoms with Crippen LogP contribution in [0.3, 0.4) is 0 Å². The van der Waals surface area contributed by atoms with Crippen LogP contribution in [-0.2, 0) is 16.8 Å². The number of carboxylic acids is 2. The molecule has 0 saturated heterocycles. The first-order chi connectivity index (χ1) is 23.2. The van der Waals surface area contributed by atoms with Crippen molar-refractivity contribution in [3.05, 3.63) is 118 Å². The minimum atomic E-state index is -1.18. The number of carbonyl (C=O) groups excluding carboxylic acids is 2. The number of aryl methyl sites for hydroxylation is 2. The summed E-state index contributed by atoms with van der Waals surface area (Å²) in [6, 6.07) is 25.2. The molecular weight excluding hydrogens is 679 g/mol. The fourth-order valence-corrected chi connectivity index (χ4v) is 3.60. The maximum absolute atomic E-state index is 11.0. The minimum Gasteiger partial charge on any atom is -0.545 e. The Kier molecular flexibility index (Phi) is 38.7. The summed E-state index contributed by atoms with van der Waals surface area (Å²) < 4.78 is 0. The van der Waals surface area contributed by atoms with Gasteiger partial charge in [-0.1, -0.05) is 60.7 Å². The van der Waals surface area contributed by atoms with Gasteiger partial charge < -0.3 is 61.1 Å². The molecule has 0 aliphatic heterocycles. The molecular formula is C36H52CoN2O10. The van der Waals surface area contributed by atoms with Gasteiger partial charge in [0.2, 0.25) is 0 Å². The number of aromatic carboxylic acids is 2. The van der Waals surface area contributed by atoms with Crippen LogP contribution in [0.1, 0.15) is 43.0 Å². The van der Waals surface area contributed by atoms with Crippen LogP contribution < -0.4 is 20.8 Å². The van der Waals surface area contributed by atoms with Gasteiger partial charge in [-0.2, -0.15) is 0 Å². The van der Waals surface area contributed by atoms with Crippen molar-refractivity contribution in [2.24, 2.45) is 0 Å². The van der Waals surface area contributed by atoms with Crippen LogP contribution in [0.25, 0.3) is 0 Å². The summed E-state index contributed by atoms with van der Waals surface area (Å²) in [4.78, 5) is 22.0. The number of carboxylic acid groups (broad SMARTS) is 2. The van der Waals surface area contributed by atoms with Crippen molar-refractivity contribution in [3.8, 4) is 0 Å². The normalized spacial score (nSPS) is 8.16. The number of aliphatic hydroxyl groups excluding tert-OH is 6. The smallest absolute Gasteiger partial charge is 0.545 e. The first-order valence-electron chi connectivity index (χ1n) is 14.1. The SMILES string of the molecule is CO.CO.CO.CO.CO.CO.Cc1cccc(Nc2ccccc2C(=O)[O-])c1C.Cc1cccc(Nc2ccccc2C(=O)[O-])c1C.[Co+2]. The van der Waals surface area contributed by atoms with Crippen LogP contribution in [0.2, 0.25) is 0 Å². The Hall–Kier alpha value is -4.31. The van der Waals surface area contributed by atoms with Crippen molar-refractivity contribution in [2.75, 3.05) is 53.3 Å². The van der Waals surface area contributed by atoms with E-state index in [1.165, 1.54) is 12.1 Å². The van der Waals surface area contributed by atoms with E-state index in [0.29, 0.717) is 11.4 Å². The van der Waals surface area contributed by atoms with Crippen LogP contribution in [0.15, 0.2) is 84.9 Å². The van der Waals surface area contributed by atoms with E-state index in [9.17, 15) is 19.8 Å².